The van der Waals surface area contributed by atoms with Crippen LogP contribution in [0.25, 0.3) is 10.9 Å². The topological polar surface area (TPSA) is 57.8 Å². The summed E-state index contributed by atoms with van der Waals surface area (Å²) in [6.45, 7) is 1.94. The van der Waals surface area contributed by atoms with E-state index in [2.05, 4.69) is 15.3 Å². The molecule has 2 N–H and O–H groups in total. The highest BCUT2D eigenvalue weighted by Gasteiger charge is 2.26. The predicted molar refractivity (Wildman–Crippen MR) is 93.2 cm³/mol. The van der Waals surface area contributed by atoms with Gasteiger partial charge in [-0.2, -0.15) is 0 Å². The van der Waals surface area contributed by atoms with Crippen LogP contribution in [0.4, 0.5) is 0 Å². The number of para-hydroxylation sites is 1. The first-order chi connectivity index (χ1) is 11.2. The molecule has 4 nitrogen and oxygen atoms in total. The van der Waals surface area contributed by atoms with E-state index in [1.165, 1.54) is 0 Å². The van der Waals surface area contributed by atoms with Gasteiger partial charge in [0.1, 0.15) is 5.37 Å². The molecule has 0 spiro atoms. The fourth-order valence-corrected chi connectivity index (χ4v) is 3.80. The fraction of sp³-hybridized carbons (Fsp3) is 0.111. The van der Waals surface area contributed by atoms with Crippen molar-refractivity contribution in [1.82, 2.24) is 15.3 Å². The van der Waals surface area contributed by atoms with E-state index in [0.29, 0.717) is 5.70 Å². The standard InChI is InChI=1S/C18H15N3OS/c1-11-16(13-6-2-3-7-14(13)20-11)17(22)15-10-23-18(21-15)12-5-4-8-19-9-12/h2-10,18,20-21H,1H3. The molecule has 3 heterocycles. The van der Waals surface area contributed by atoms with Gasteiger partial charge in [0.15, 0.2) is 0 Å². The van der Waals surface area contributed by atoms with Crippen LogP contribution in [-0.4, -0.2) is 15.8 Å². The number of nitrogens with one attached hydrogen (secondary N) is 2. The molecule has 0 radical (unpaired) electrons. The number of rotatable bonds is 3. The highest BCUT2D eigenvalue weighted by Crippen LogP contribution is 2.35. The Balaban J connectivity index is 1.64. The van der Waals surface area contributed by atoms with Crippen molar-refractivity contribution in [3.63, 3.8) is 0 Å². The molecule has 1 aliphatic heterocycles. The molecule has 0 bridgehead atoms. The van der Waals surface area contributed by atoms with Gasteiger partial charge in [-0.3, -0.25) is 9.78 Å². The number of carbonyl (C=O) groups excluding carboxylic acids is 1. The number of hydrogen-bond donors (Lipinski definition) is 2. The molecule has 1 aromatic carbocycles. The molecule has 0 aliphatic carbocycles. The lowest BCUT2D eigenvalue weighted by atomic mass is 10.0. The van der Waals surface area contributed by atoms with E-state index in [-0.39, 0.29) is 11.2 Å². The van der Waals surface area contributed by atoms with E-state index >= 15 is 0 Å². The Labute approximate surface area is 138 Å². The van der Waals surface area contributed by atoms with E-state index < -0.39 is 0 Å². The second-order valence-corrected chi connectivity index (χ2v) is 6.46. The summed E-state index contributed by atoms with van der Waals surface area (Å²) < 4.78 is 0. The summed E-state index contributed by atoms with van der Waals surface area (Å²) in [5, 5.41) is 6.21. The average molecular weight is 321 g/mol. The van der Waals surface area contributed by atoms with E-state index in [1.807, 2.05) is 54.9 Å². The Morgan fingerprint density at radius 1 is 1.22 bits per heavy atom. The maximum Gasteiger partial charge on any atom is 0.211 e. The minimum absolute atomic E-state index is 0.0267. The van der Waals surface area contributed by atoms with Gasteiger partial charge in [-0.25, -0.2) is 0 Å². The van der Waals surface area contributed by atoms with Crippen molar-refractivity contribution in [3.05, 3.63) is 76.7 Å². The number of benzene rings is 1. The van der Waals surface area contributed by atoms with Gasteiger partial charge in [-0.05, 0) is 19.1 Å². The van der Waals surface area contributed by atoms with E-state index in [9.17, 15) is 4.79 Å². The Bertz CT molecular complexity index is 914. The molecular weight excluding hydrogens is 306 g/mol. The van der Waals surface area contributed by atoms with Gasteiger partial charge in [0.2, 0.25) is 5.78 Å². The van der Waals surface area contributed by atoms with E-state index in [1.54, 1.807) is 18.0 Å². The van der Waals surface area contributed by atoms with Crippen molar-refractivity contribution in [2.45, 2.75) is 12.3 Å². The third kappa shape index (κ3) is 2.43. The van der Waals surface area contributed by atoms with Crippen LogP contribution < -0.4 is 5.32 Å². The molecule has 3 aromatic rings. The van der Waals surface area contributed by atoms with Crippen LogP contribution in [0.2, 0.25) is 0 Å². The number of pyridine rings is 1. The first-order valence-electron chi connectivity index (χ1n) is 7.38. The lowest BCUT2D eigenvalue weighted by Gasteiger charge is -2.12. The average Bonchev–Trinajstić information content (AvgIpc) is 3.19. The molecule has 2 aromatic heterocycles. The normalized spacial score (nSPS) is 17.1. The quantitative estimate of drug-likeness (QED) is 0.718. The van der Waals surface area contributed by atoms with Crippen LogP contribution in [0, 0.1) is 6.92 Å². The summed E-state index contributed by atoms with van der Waals surface area (Å²) in [6.07, 6.45) is 3.57. The number of nitrogens with zero attached hydrogens (tertiary/aromatic N) is 1. The number of hydrogen-bond acceptors (Lipinski definition) is 4. The lowest BCUT2D eigenvalue weighted by molar-refractivity contribution is 0.102. The first kappa shape index (κ1) is 14.1. The summed E-state index contributed by atoms with van der Waals surface area (Å²) in [4.78, 5) is 20.4. The number of aryl methyl sites for hydroxylation is 1. The highest BCUT2D eigenvalue weighted by molar-refractivity contribution is 8.02. The number of aromatic nitrogens is 2. The van der Waals surface area contributed by atoms with Crippen molar-refractivity contribution in [3.8, 4) is 0 Å². The van der Waals surface area contributed by atoms with Crippen molar-refractivity contribution in [1.29, 1.82) is 0 Å². The second kappa shape index (κ2) is 5.59. The third-order valence-electron chi connectivity index (χ3n) is 3.96. The number of H-pyrrole nitrogens is 1. The van der Waals surface area contributed by atoms with Crippen LogP contribution in [-0.2, 0) is 0 Å². The molecule has 23 heavy (non-hydrogen) atoms. The van der Waals surface area contributed by atoms with Crippen molar-refractivity contribution >= 4 is 28.4 Å². The zero-order chi connectivity index (χ0) is 15.8. The molecule has 1 aliphatic rings. The summed E-state index contributed by atoms with van der Waals surface area (Å²) in [6, 6.07) is 11.8. The number of carbonyl (C=O) groups is 1. The molecule has 1 unspecified atom stereocenters. The smallest absolute Gasteiger partial charge is 0.211 e. The van der Waals surface area contributed by atoms with Crippen LogP contribution in [0.5, 0.6) is 0 Å². The Morgan fingerprint density at radius 3 is 2.91 bits per heavy atom. The van der Waals surface area contributed by atoms with Crippen molar-refractivity contribution in [2.75, 3.05) is 0 Å². The minimum atomic E-state index is 0.0267. The van der Waals surface area contributed by atoms with Gasteiger partial charge >= 0.3 is 0 Å². The number of fused-ring (bicyclic) bond motifs is 1. The zero-order valence-corrected chi connectivity index (χ0v) is 13.4. The molecule has 0 saturated heterocycles. The molecule has 114 valence electrons. The maximum absolute atomic E-state index is 12.9. The molecule has 0 saturated carbocycles. The predicted octanol–water partition coefficient (Wildman–Crippen LogP) is 3.93. The van der Waals surface area contributed by atoms with Gasteiger partial charge < -0.3 is 10.3 Å². The van der Waals surface area contributed by atoms with E-state index in [0.717, 1.165) is 27.7 Å². The zero-order valence-electron chi connectivity index (χ0n) is 12.5. The van der Waals surface area contributed by atoms with E-state index in [4.69, 9.17) is 0 Å². The number of ketones is 1. The second-order valence-electron chi connectivity index (χ2n) is 5.48. The van der Waals surface area contributed by atoms with Gasteiger partial charge in [-0.15, -0.1) is 11.8 Å². The van der Waals surface area contributed by atoms with Gasteiger partial charge in [0.25, 0.3) is 0 Å². The Morgan fingerprint density at radius 2 is 2.09 bits per heavy atom. The van der Waals surface area contributed by atoms with Crippen molar-refractivity contribution < 1.29 is 4.79 Å². The Hall–Kier alpha value is -2.53. The number of aromatic amines is 1. The number of allylic oxidation sites excluding steroid dienone is 1. The monoisotopic (exact) mass is 321 g/mol. The van der Waals surface area contributed by atoms with Crippen molar-refractivity contribution in [2.24, 2.45) is 0 Å². The SMILES string of the molecule is Cc1[nH]c2ccccc2c1C(=O)C1=CSC(c2cccnc2)N1. The lowest BCUT2D eigenvalue weighted by Crippen LogP contribution is -2.19. The summed E-state index contributed by atoms with van der Waals surface area (Å²) in [5.74, 6) is 0.0267. The molecule has 4 rings (SSSR count). The molecule has 0 fully saturated rings. The Kier molecular flexibility index (Phi) is 3.42. The molecule has 0 amide bonds. The van der Waals surface area contributed by atoms with Crippen LogP contribution in [0.3, 0.4) is 0 Å². The van der Waals surface area contributed by atoms with Gasteiger partial charge in [0, 0.05) is 40.0 Å². The fourth-order valence-electron chi connectivity index (χ4n) is 2.86. The highest BCUT2D eigenvalue weighted by atomic mass is 32.2. The van der Waals surface area contributed by atoms with Gasteiger partial charge in [0.05, 0.1) is 11.3 Å². The van der Waals surface area contributed by atoms with Gasteiger partial charge in [-0.1, -0.05) is 24.3 Å². The number of Topliss-reactive ketones (excluding diaryl/α,β-unsaturated/α-hetero) is 1. The maximum atomic E-state index is 12.9. The van der Waals surface area contributed by atoms with Crippen LogP contribution in [0.1, 0.15) is 27.0 Å². The molecule has 5 heteroatoms. The minimum Gasteiger partial charge on any atom is -0.366 e. The molecular formula is C18H15N3OS. The summed E-state index contributed by atoms with van der Waals surface area (Å²) >= 11 is 1.60. The summed E-state index contributed by atoms with van der Waals surface area (Å²) in [7, 11) is 0. The largest absolute Gasteiger partial charge is 0.366 e. The first-order valence-corrected chi connectivity index (χ1v) is 8.32. The molecule has 1 atom stereocenters. The third-order valence-corrected chi connectivity index (χ3v) is 4.99. The van der Waals surface area contributed by atoms with Crippen LogP contribution in [0.15, 0.2) is 59.9 Å². The van der Waals surface area contributed by atoms with Crippen LogP contribution >= 0.6 is 11.8 Å². The summed E-state index contributed by atoms with van der Waals surface area (Å²) in [5.41, 5.74) is 4.33. The number of thioether (sulfide) groups is 1.